The minimum atomic E-state index is -0.374. The van der Waals surface area contributed by atoms with E-state index in [9.17, 15) is 14.0 Å². The molecule has 0 saturated carbocycles. The molecule has 1 aromatic rings. The number of hydrogen-bond donors (Lipinski definition) is 3. The molecule has 27 heavy (non-hydrogen) atoms. The first kappa shape index (κ1) is 19.6. The smallest absolute Gasteiger partial charge is 0.315 e. The molecule has 1 atom stereocenters. The zero-order valence-corrected chi connectivity index (χ0v) is 15.8. The van der Waals surface area contributed by atoms with E-state index >= 15 is 0 Å². The summed E-state index contributed by atoms with van der Waals surface area (Å²) in [5.74, 6) is -0.475. The van der Waals surface area contributed by atoms with E-state index in [4.69, 9.17) is 0 Å². The molecule has 2 heterocycles. The van der Waals surface area contributed by atoms with Crippen LogP contribution in [0.5, 0.6) is 0 Å². The molecule has 0 aromatic heterocycles. The van der Waals surface area contributed by atoms with Crippen LogP contribution in [0.1, 0.15) is 38.5 Å². The molecule has 2 fully saturated rings. The normalized spacial score (nSPS) is 21.1. The minimum absolute atomic E-state index is 0.101. The van der Waals surface area contributed by atoms with Gasteiger partial charge in [0.2, 0.25) is 5.91 Å². The van der Waals surface area contributed by atoms with Crippen LogP contribution in [0.25, 0.3) is 0 Å². The molecular formula is C20H30FN4O2+. The van der Waals surface area contributed by atoms with Gasteiger partial charge in [0.05, 0.1) is 25.7 Å². The Balaban J connectivity index is 1.36. The van der Waals surface area contributed by atoms with Crippen LogP contribution >= 0.6 is 0 Å². The standard InChI is InChI=1S/C20H29FN4O2/c21-16-7-5-8-18(13-16)25-15-17(14-19(25)26)23-20(27)22-9-6-12-24-10-3-1-2-4-11-24/h5,7-8,13,17H,1-4,6,9-12,14-15H2,(H2,22,23,27)/p+1/t17-/m1/s1. The summed E-state index contributed by atoms with van der Waals surface area (Å²) >= 11 is 0. The van der Waals surface area contributed by atoms with Crippen molar-refractivity contribution in [2.75, 3.05) is 37.6 Å². The summed E-state index contributed by atoms with van der Waals surface area (Å²) in [5, 5.41) is 5.75. The third-order valence-corrected chi connectivity index (χ3v) is 5.38. The summed E-state index contributed by atoms with van der Waals surface area (Å²) in [6.45, 7) is 4.59. The highest BCUT2D eigenvalue weighted by molar-refractivity contribution is 5.96. The van der Waals surface area contributed by atoms with Crippen LogP contribution in [0, 0.1) is 5.82 Å². The van der Waals surface area contributed by atoms with Crippen LogP contribution in [0.4, 0.5) is 14.9 Å². The van der Waals surface area contributed by atoms with Gasteiger partial charge >= 0.3 is 6.03 Å². The van der Waals surface area contributed by atoms with Crippen molar-refractivity contribution >= 4 is 17.6 Å². The Kier molecular flexibility index (Phi) is 7.04. The SMILES string of the molecule is O=C(NCCC[NH+]1CCCCCC1)N[C@@H]1CC(=O)N(c2cccc(F)c2)C1. The summed E-state index contributed by atoms with van der Waals surface area (Å²) in [5.41, 5.74) is 0.533. The van der Waals surface area contributed by atoms with Crippen molar-refractivity contribution in [1.29, 1.82) is 0 Å². The Bertz CT molecular complexity index is 647. The van der Waals surface area contributed by atoms with Crippen molar-refractivity contribution in [3.05, 3.63) is 30.1 Å². The van der Waals surface area contributed by atoms with E-state index in [-0.39, 0.29) is 30.2 Å². The van der Waals surface area contributed by atoms with Crippen LogP contribution in [-0.2, 0) is 4.79 Å². The van der Waals surface area contributed by atoms with Crippen LogP contribution in [0.3, 0.4) is 0 Å². The van der Waals surface area contributed by atoms with E-state index in [2.05, 4.69) is 10.6 Å². The third-order valence-electron chi connectivity index (χ3n) is 5.38. The predicted octanol–water partition coefficient (Wildman–Crippen LogP) is 1.08. The van der Waals surface area contributed by atoms with E-state index in [1.165, 1.54) is 55.8 Å². The topological polar surface area (TPSA) is 65.9 Å². The fourth-order valence-corrected chi connectivity index (χ4v) is 3.95. The maximum atomic E-state index is 13.4. The Labute approximate surface area is 160 Å². The molecule has 0 aliphatic carbocycles. The van der Waals surface area contributed by atoms with Gasteiger partial charge in [-0.25, -0.2) is 9.18 Å². The number of halogens is 1. The Hall–Kier alpha value is -2.15. The van der Waals surface area contributed by atoms with Crippen molar-refractivity contribution in [2.45, 2.75) is 44.6 Å². The Morgan fingerprint density at radius 1 is 1.22 bits per heavy atom. The molecule has 0 spiro atoms. The lowest BCUT2D eigenvalue weighted by atomic mass is 10.2. The third kappa shape index (κ3) is 5.92. The Morgan fingerprint density at radius 2 is 2.00 bits per heavy atom. The highest BCUT2D eigenvalue weighted by Gasteiger charge is 2.31. The van der Waals surface area contributed by atoms with Crippen LogP contribution in [0.15, 0.2) is 24.3 Å². The molecule has 6 nitrogen and oxygen atoms in total. The number of nitrogens with one attached hydrogen (secondary N) is 3. The number of rotatable bonds is 6. The lowest BCUT2D eigenvalue weighted by molar-refractivity contribution is -0.899. The molecule has 2 aliphatic heterocycles. The highest BCUT2D eigenvalue weighted by Crippen LogP contribution is 2.22. The summed E-state index contributed by atoms with van der Waals surface area (Å²) in [4.78, 5) is 27.4. The van der Waals surface area contributed by atoms with Crippen molar-refractivity contribution in [3.8, 4) is 0 Å². The quantitative estimate of drug-likeness (QED) is 0.650. The van der Waals surface area contributed by atoms with E-state index < -0.39 is 0 Å². The number of quaternary nitrogens is 1. The number of carbonyl (C=O) groups is 2. The first-order chi connectivity index (χ1) is 13.1. The lowest BCUT2D eigenvalue weighted by Gasteiger charge is -2.18. The number of amides is 3. The number of hydrogen-bond acceptors (Lipinski definition) is 2. The van der Waals surface area contributed by atoms with Gasteiger partial charge in [-0.05, 0) is 43.9 Å². The van der Waals surface area contributed by atoms with E-state index in [0.717, 1.165) is 13.0 Å². The molecule has 148 valence electrons. The largest absolute Gasteiger partial charge is 0.338 e. The fraction of sp³-hybridized carbons (Fsp3) is 0.600. The average Bonchev–Trinajstić information content (AvgIpc) is 2.83. The fourth-order valence-electron chi connectivity index (χ4n) is 3.95. The van der Waals surface area contributed by atoms with Gasteiger partial charge in [0.15, 0.2) is 0 Å². The number of carbonyl (C=O) groups excluding carboxylic acids is 2. The summed E-state index contributed by atoms with van der Waals surface area (Å²) < 4.78 is 13.4. The Morgan fingerprint density at radius 3 is 2.74 bits per heavy atom. The molecule has 0 bridgehead atoms. The van der Waals surface area contributed by atoms with Crippen LogP contribution in [-0.4, -0.2) is 50.7 Å². The molecular weight excluding hydrogens is 347 g/mol. The zero-order chi connectivity index (χ0) is 19.1. The first-order valence-corrected chi connectivity index (χ1v) is 10.1. The number of benzene rings is 1. The van der Waals surface area contributed by atoms with Gasteiger partial charge in [0.25, 0.3) is 0 Å². The van der Waals surface area contributed by atoms with Gasteiger partial charge in [-0.3, -0.25) is 4.79 Å². The maximum absolute atomic E-state index is 13.4. The van der Waals surface area contributed by atoms with Crippen molar-refractivity contribution in [1.82, 2.24) is 10.6 Å². The second kappa shape index (κ2) is 9.69. The molecule has 3 N–H and O–H groups in total. The molecule has 0 radical (unpaired) electrons. The van der Waals surface area contributed by atoms with Gasteiger partial charge < -0.3 is 20.4 Å². The number of likely N-dealkylation sites (tertiary alicyclic amines) is 1. The van der Waals surface area contributed by atoms with E-state index in [1.54, 1.807) is 17.0 Å². The monoisotopic (exact) mass is 377 g/mol. The second-order valence-corrected chi connectivity index (χ2v) is 7.55. The average molecular weight is 377 g/mol. The lowest BCUT2D eigenvalue weighted by Crippen LogP contribution is -3.11. The van der Waals surface area contributed by atoms with Crippen molar-refractivity contribution in [2.24, 2.45) is 0 Å². The molecule has 0 unspecified atom stereocenters. The summed E-state index contributed by atoms with van der Waals surface area (Å²) in [6, 6.07) is 5.48. The number of nitrogens with zero attached hydrogens (tertiary/aromatic N) is 1. The number of anilines is 1. The molecule has 3 amide bonds. The van der Waals surface area contributed by atoms with Gasteiger partial charge in [-0.2, -0.15) is 0 Å². The van der Waals surface area contributed by atoms with Crippen LogP contribution < -0.4 is 20.4 Å². The van der Waals surface area contributed by atoms with Gasteiger partial charge in [0.1, 0.15) is 5.82 Å². The van der Waals surface area contributed by atoms with Crippen LogP contribution in [0.2, 0.25) is 0 Å². The van der Waals surface area contributed by atoms with Gasteiger partial charge in [-0.1, -0.05) is 6.07 Å². The minimum Gasteiger partial charge on any atom is -0.338 e. The summed E-state index contributed by atoms with van der Waals surface area (Å²) in [6.07, 6.45) is 6.50. The maximum Gasteiger partial charge on any atom is 0.315 e. The predicted molar refractivity (Wildman–Crippen MR) is 102 cm³/mol. The first-order valence-electron chi connectivity index (χ1n) is 10.1. The number of urea groups is 1. The van der Waals surface area contributed by atoms with Gasteiger partial charge in [0, 0.05) is 31.6 Å². The second-order valence-electron chi connectivity index (χ2n) is 7.55. The molecule has 2 saturated heterocycles. The van der Waals surface area contributed by atoms with Gasteiger partial charge in [-0.15, -0.1) is 0 Å². The van der Waals surface area contributed by atoms with E-state index in [0.29, 0.717) is 18.8 Å². The van der Waals surface area contributed by atoms with Crippen molar-refractivity contribution < 1.29 is 18.9 Å². The molecule has 7 heteroatoms. The van der Waals surface area contributed by atoms with Crippen molar-refractivity contribution in [3.63, 3.8) is 0 Å². The zero-order valence-electron chi connectivity index (χ0n) is 15.8. The molecule has 1 aromatic carbocycles. The molecule has 3 rings (SSSR count). The van der Waals surface area contributed by atoms with E-state index in [1.807, 2.05) is 0 Å². The highest BCUT2D eigenvalue weighted by atomic mass is 19.1. The molecule has 2 aliphatic rings. The summed E-state index contributed by atoms with van der Waals surface area (Å²) in [7, 11) is 0.